The SMILES string of the molecule is Fc1ccc(-c2cc3n(n2)C[C@H](F)C3)cc1. The number of hydrogen-bond donors (Lipinski definition) is 0. The molecule has 1 atom stereocenters. The van der Waals surface area contributed by atoms with Crippen molar-refractivity contribution in [3.8, 4) is 11.3 Å². The second-order valence-corrected chi connectivity index (χ2v) is 4.01. The quantitative estimate of drug-likeness (QED) is 0.722. The van der Waals surface area contributed by atoms with E-state index in [-0.39, 0.29) is 5.82 Å². The highest BCUT2D eigenvalue weighted by Gasteiger charge is 2.22. The average molecular weight is 220 g/mol. The van der Waals surface area contributed by atoms with Crippen molar-refractivity contribution in [1.29, 1.82) is 0 Å². The van der Waals surface area contributed by atoms with Gasteiger partial charge in [-0.1, -0.05) is 0 Å². The highest BCUT2D eigenvalue weighted by molar-refractivity contribution is 5.59. The lowest BCUT2D eigenvalue weighted by Gasteiger charge is -1.98. The maximum Gasteiger partial charge on any atom is 0.125 e. The van der Waals surface area contributed by atoms with Crippen molar-refractivity contribution in [2.24, 2.45) is 0 Å². The fourth-order valence-electron chi connectivity index (χ4n) is 2.02. The van der Waals surface area contributed by atoms with Gasteiger partial charge < -0.3 is 0 Å². The van der Waals surface area contributed by atoms with E-state index in [1.54, 1.807) is 16.8 Å². The Kier molecular flexibility index (Phi) is 2.02. The molecule has 3 rings (SSSR count). The first-order valence-corrected chi connectivity index (χ1v) is 5.19. The lowest BCUT2D eigenvalue weighted by molar-refractivity contribution is 0.322. The van der Waals surface area contributed by atoms with Crippen molar-refractivity contribution < 1.29 is 8.78 Å². The molecule has 2 aromatic rings. The smallest absolute Gasteiger partial charge is 0.125 e. The van der Waals surface area contributed by atoms with E-state index in [1.165, 1.54) is 12.1 Å². The van der Waals surface area contributed by atoms with Crippen LogP contribution < -0.4 is 0 Å². The van der Waals surface area contributed by atoms with Gasteiger partial charge in [0.2, 0.25) is 0 Å². The van der Waals surface area contributed by atoms with Crippen molar-refractivity contribution in [3.63, 3.8) is 0 Å². The molecule has 2 nitrogen and oxygen atoms in total. The Morgan fingerprint density at radius 2 is 2.00 bits per heavy atom. The predicted octanol–water partition coefficient (Wildman–Crippen LogP) is 2.58. The van der Waals surface area contributed by atoms with Gasteiger partial charge in [0.15, 0.2) is 0 Å². The second-order valence-electron chi connectivity index (χ2n) is 4.01. The third-order valence-electron chi connectivity index (χ3n) is 2.80. The number of aromatic nitrogens is 2. The number of fused-ring (bicyclic) bond motifs is 1. The summed E-state index contributed by atoms with van der Waals surface area (Å²) in [4.78, 5) is 0. The van der Waals surface area contributed by atoms with Gasteiger partial charge in [-0.15, -0.1) is 0 Å². The third-order valence-corrected chi connectivity index (χ3v) is 2.80. The molecule has 1 aromatic heterocycles. The normalized spacial score (nSPS) is 18.8. The van der Waals surface area contributed by atoms with Crippen LogP contribution in [0, 0.1) is 5.82 Å². The first kappa shape index (κ1) is 9.51. The molecule has 16 heavy (non-hydrogen) atoms. The van der Waals surface area contributed by atoms with Crippen molar-refractivity contribution in [3.05, 3.63) is 41.8 Å². The molecule has 0 amide bonds. The minimum atomic E-state index is -0.815. The van der Waals surface area contributed by atoms with Crippen molar-refractivity contribution in [1.82, 2.24) is 9.78 Å². The zero-order chi connectivity index (χ0) is 11.1. The van der Waals surface area contributed by atoms with Crippen LogP contribution >= 0.6 is 0 Å². The van der Waals surface area contributed by atoms with Crippen LogP contribution in [0.2, 0.25) is 0 Å². The van der Waals surface area contributed by atoms with Gasteiger partial charge in [-0.3, -0.25) is 4.68 Å². The van der Waals surface area contributed by atoms with Crippen LogP contribution in [0.25, 0.3) is 11.3 Å². The molecule has 1 aromatic carbocycles. The van der Waals surface area contributed by atoms with Crippen molar-refractivity contribution in [2.45, 2.75) is 19.1 Å². The van der Waals surface area contributed by atoms with Gasteiger partial charge >= 0.3 is 0 Å². The minimum absolute atomic E-state index is 0.265. The molecule has 1 aliphatic rings. The van der Waals surface area contributed by atoms with Crippen molar-refractivity contribution >= 4 is 0 Å². The monoisotopic (exact) mass is 220 g/mol. The second kappa shape index (κ2) is 3.40. The van der Waals surface area contributed by atoms with Crippen LogP contribution in [-0.2, 0) is 13.0 Å². The standard InChI is InChI=1S/C12H10F2N2/c13-9-3-1-8(2-4-9)12-6-11-5-10(14)7-16(11)15-12/h1-4,6,10H,5,7H2/t10-/m1/s1. The molecule has 0 spiro atoms. The molecule has 0 radical (unpaired) electrons. The van der Waals surface area contributed by atoms with E-state index in [1.807, 2.05) is 6.07 Å². The van der Waals surface area contributed by atoms with Crippen LogP contribution in [0.4, 0.5) is 8.78 Å². The van der Waals surface area contributed by atoms with Crippen LogP contribution in [0.5, 0.6) is 0 Å². The first-order valence-electron chi connectivity index (χ1n) is 5.19. The largest absolute Gasteiger partial charge is 0.266 e. The number of halogens is 2. The Balaban J connectivity index is 1.97. The summed E-state index contributed by atoms with van der Waals surface area (Å²) in [5, 5.41) is 4.30. The Labute approximate surface area is 91.5 Å². The lowest BCUT2D eigenvalue weighted by Crippen LogP contribution is -2.03. The van der Waals surface area contributed by atoms with Crippen molar-refractivity contribution in [2.75, 3.05) is 0 Å². The molecule has 0 unspecified atom stereocenters. The van der Waals surface area contributed by atoms with Crippen LogP contribution in [0.3, 0.4) is 0 Å². The van der Waals surface area contributed by atoms with E-state index in [2.05, 4.69) is 5.10 Å². The summed E-state index contributed by atoms with van der Waals surface area (Å²) in [6.07, 6.45) is -0.390. The lowest BCUT2D eigenvalue weighted by atomic mass is 10.1. The fourth-order valence-corrected chi connectivity index (χ4v) is 2.02. The van der Waals surface area contributed by atoms with Gasteiger partial charge in [-0.2, -0.15) is 5.10 Å². The molecule has 0 fully saturated rings. The van der Waals surface area contributed by atoms with E-state index < -0.39 is 6.17 Å². The molecule has 0 aliphatic carbocycles. The number of rotatable bonds is 1. The summed E-state index contributed by atoms with van der Waals surface area (Å²) in [6.45, 7) is 0.330. The first-order chi connectivity index (χ1) is 7.72. The molecule has 0 N–H and O–H groups in total. The van der Waals surface area contributed by atoms with E-state index in [0.717, 1.165) is 17.0 Å². The molecular weight excluding hydrogens is 210 g/mol. The van der Waals surface area contributed by atoms with E-state index in [0.29, 0.717) is 13.0 Å². The molecular formula is C12H10F2N2. The Morgan fingerprint density at radius 3 is 2.69 bits per heavy atom. The molecule has 82 valence electrons. The number of nitrogens with zero attached hydrogens (tertiary/aromatic N) is 2. The zero-order valence-electron chi connectivity index (χ0n) is 8.53. The topological polar surface area (TPSA) is 17.8 Å². The molecule has 1 aliphatic heterocycles. The summed E-state index contributed by atoms with van der Waals surface area (Å²) in [7, 11) is 0. The fraction of sp³-hybridized carbons (Fsp3) is 0.250. The highest BCUT2D eigenvalue weighted by atomic mass is 19.1. The highest BCUT2D eigenvalue weighted by Crippen LogP contribution is 2.24. The zero-order valence-corrected chi connectivity index (χ0v) is 8.53. The predicted molar refractivity (Wildman–Crippen MR) is 56.2 cm³/mol. The molecule has 4 heteroatoms. The molecule has 0 saturated heterocycles. The van der Waals surface area contributed by atoms with Crippen LogP contribution in [0.1, 0.15) is 5.69 Å². The van der Waals surface area contributed by atoms with Gasteiger partial charge in [-0.05, 0) is 30.3 Å². The molecule has 2 heterocycles. The van der Waals surface area contributed by atoms with E-state index >= 15 is 0 Å². The van der Waals surface area contributed by atoms with E-state index in [4.69, 9.17) is 0 Å². The van der Waals surface area contributed by atoms with Gasteiger partial charge in [0.25, 0.3) is 0 Å². The molecule has 0 saturated carbocycles. The average Bonchev–Trinajstić information content (AvgIpc) is 2.75. The Morgan fingerprint density at radius 1 is 1.25 bits per heavy atom. The summed E-state index contributed by atoms with van der Waals surface area (Å²) in [5.74, 6) is -0.265. The van der Waals surface area contributed by atoms with Gasteiger partial charge in [0.1, 0.15) is 12.0 Å². The number of alkyl halides is 1. The summed E-state index contributed by atoms with van der Waals surface area (Å²) < 4.78 is 27.5. The number of benzene rings is 1. The minimum Gasteiger partial charge on any atom is -0.266 e. The summed E-state index contributed by atoms with van der Waals surface area (Å²) in [6, 6.07) is 8.03. The Hall–Kier alpha value is -1.71. The Bertz CT molecular complexity index is 493. The number of hydrogen-bond acceptors (Lipinski definition) is 1. The van der Waals surface area contributed by atoms with E-state index in [9.17, 15) is 8.78 Å². The van der Waals surface area contributed by atoms with Crippen LogP contribution in [0.15, 0.2) is 30.3 Å². The summed E-state index contributed by atoms with van der Waals surface area (Å²) in [5.41, 5.74) is 2.55. The maximum absolute atomic E-state index is 13.0. The van der Waals surface area contributed by atoms with Crippen LogP contribution in [-0.4, -0.2) is 16.0 Å². The van der Waals surface area contributed by atoms with Gasteiger partial charge in [0, 0.05) is 17.7 Å². The van der Waals surface area contributed by atoms with Gasteiger partial charge in [-0.25, -0.2) is 8.78 Å². The maximum atomic E-state index is 13.0. The summed E-state index contributed by atoms with van der Waals surface area (Å²) >= 11 is 0. The molecule has 0 bridgehead atoms. The third kappa shape index (κ3) is 1.50. The van der Waals surface area contributed by atoms with Gasteiger partial charge in [0.05, 0.1) is 12.2 Å².